The van der Waals surface area contributed by atoms with Crippen molar-refractivity contribution in [3.8, 4) is 5.75 Å². The highest BCUT2D eigenvalue weighted by atomic mass is 19.1. The molecule has 0 radical (unpaired) electrons. The molecule has 8 nitrogen and oxygen atoms in total. The van der Waals surface area contributed by atoms with E-state index in [1.54, 1.807) is 19.2 Å². The van der Waals surface area contributed by atoms with Gasteiger partial charge in [0.05, 0.1) is 32.1 Å². The molecule has 0 saturated carbocycles. The Hall–Kier alpha value is -4.15. The molecule has 1 saturated heterocycles. The highest BCUT2D eigenvalue weighted by Crippen LogP contribution is 2.37. The summed E-state index contributed by atoms with van der Waals surface area (Å²) >= 11 is 0. The molecule has 2 aliphatic rings. The smallest absolute Gasteiger partial charge is 0.262 e. The summed E-state index contributed by atoms with van der Waals surface area (Å²) in [5.74, 6) is -1.13. The summed E-state index contributed by atoms with van der Waals surface area (Å²) in [4.78, 5) is 31.1. The average molecular weight is 563 g/mol. The Morgan fingerprint density at radius 1 is 1.00 bits per heavy atom. The number of rotatable bonds is 9. The lowest BCUT2D eigenvalue weighted by Gasteiger charge is -2.31. The molecule has 0 aliphatic carbocycles. The van der Waals surface area contributed by atoms with Crippen LogP contribution < -0.4 is 4.74 Å². The van der Waals surface area contributed by atoms with Crippen LogP contribution in [0.2, 0.25) is 0 Å². The van der Waals surface area contributed by atoms with Gasteiger partial charge in [-0.05, 0) is 42.0 Å². The molecule has 2 heterocycles. The molecule has 0 bridgehead atoms. The highest BCUT2D eigenvalue weighted by Gasteiger charge is 2.36. The standard InChI is InChI=1S/C31H32F2N4O4/c1-40-29-8-3-2-7-26(29)28-20-27(22-9-11-24(32)12-10-22)34-37(28)30(38)21-36(14-13-35-15-17-41-18-16-35)31(39)23-5-4-6-25(33)19-23/h2-12,19,28H,13-18,20-21H2,1H3/t28-/m1/s1. The van der Waals surface area contributed by atoms with Crippen molar-refractivity contribution in [2.24, 2.45) is 5.10 Å². The zero-order valence-electron chi connectivity index (χ0n) is 22.8. The second kappa shape index (κ2) is 13.0. The molecule has 0 aromatic heterocycles. The van der Waals surface area contributed by atoms with E-state index in [4.69, 9.17) is 9.47 Å². The number of nitrogens with zero attached hydrogens (tertiary/aromatic N) is 4. The van der Waals surface area contributed by atoms with E-state index in [1.165, 1.54) is 46.3 Å². The minimum absolute atomic E-state index is 0.165. The number of carbonyl (C=O) groups is 2. The number of morpholine rings is 1. The molecule has 3 aromatic carbocycles. The zero-order chi connectivity index (χ0) is 28.8. The summed E-state index contributed by atoms with van der Waals surface area (Å²) in [7, 11) is 1.56. The molecular formula is C31H32F2N4O4. The molecule has 41 heavy (non-hydrogen) atoms. The van der Waals surface area contributed by atoms with Crippen LogP contribution in [0.4, 0.5) is 8.78 Å². The zero-order valence-corrected chi connectivity index (χ0v) is 22.8. The van der Waals surface area contributed by atoms with Crippen molar-refractivity contribution in [3.63, 3.8) is 0 Å². The molecular weight excluding hydrogens is 530 g/mol. The van der Waals surface area contributed by atoms with Crippen LogP contribution in [0.3, 0.4) is 0 Å². The Morgan fingerprint density at radius 3 is 2.49 bits per heavy atom. The molecule has 214 valence electrons. The number of amides is 2. The lowest BCUT2D eigenvalue weighted by molar-refractivity contribution is -0.133. The van der Waals surface area contributed by atoms with Crippen molar-refractivity contribution in [1.82, 2.24) is 14.8 Å². The van der Waals surface area contributed by atoms with Gasteiger partial charge in [0.25, 0.3) is 11.8 Å². The van der Waals surface area contributed by atoms with Crippen molar-refractivity contribution in [2.45, 2.75) is 12.5 Å². The minimum Gasteiger partial charge on any atom is -0.496 e. The molecule has 2 amide bonds. The van der Waals surface area contributed by atoms with Gasteiger partial charge < -0.3 is 14.4 Å². The Balaban J connectivity index is 1.43. The van der Waals surface area contributed by atoms with Crippen molar-refractivity contribution in [2.75, 3.05) is 53.0 Å². The van der Waals surface area contributed by atoms with Gasteiger partial charge >= 0.3 is 0 Å². The number of para-hydroxylation sites is 1. The molecule has 0 spiro atoms. The molecule has 0 N–H and O–H groups in total. The van der Waals surface area contributed by atoms with Crippen molar-refractivity contribution in [3.05, 3.63) is 101 Å². The van der Waals surface area contributed by atoms with Crippen molar-refractivity contribution >= 4 is 17.5 Å². The van der Waals surface area contributed by atoms with Gasteiger partial charge in [0.2, 0.25) is 0 Å². The van der Waals surface area contributed by atoms with Gasteiger partial charge in [-0.15, -0.1) is 0 Å². The Labute approximate surface area is 237 Å². The van der Waals surface area contributed by atoms with E-state index in [1.807, 2.05) is 24.3 Å². The molecule has 10 heteroatoms. The first-order valence-electron chi connectivity index (χ1n) is 13.6. The van der Waals surface area contributed by atoms with E-state index >= 15 is 0 Å². The fourth-order valence-electron chi connectivity index (χ4n) is 5.12. The maximum absolute atomic E-state index is 14.0. The average Bonchev–Trinajstić information content (AvgIpc) is 3.45. The Bertz CT molecular complexity index is 1410. The van der Waals surface area contributed by atoms with Gasteiger partial charge in [-0.2, -0.15) is 5.10 Å². The predicted molar refractivity (Wildman–Crippen MR) is 150 cm³/mol. The largest absolute Gasteiger partial charge is 0.496 e. The molecule has 1 fully saturated rings. The second-order valence-electron chi connectivity index (χ2n) is 9.94. The maximum Gasteiger partial charge on any atom is 0.262 e. The van der Waals surface area contributed by atoms with Gasteiger partial charge in [-0.3, -0.25) is 14.5 Å². The summed E-state index contributed by atoms with van der Waals surface area (Å²) < 4.78 is 38.6. The summed E-state index contributed by atoms with van der Waals surface area (Å²) in [6.07, 6.45) is 0.378. The summed E-state index contributed by atoms with van der Waals surface area (Å²) in [6.45, 7) is 3.20. The van der Waals surface area contributed by atoms with E-state index in [0.29, 0.717) is 43.2 Å². The number of carbonyl (C=O) groups excluding carboxylic acids is 2. The monoisotopic (exact) mass is 562 g/mol. The van der Waals surface area contributed by atoms with Gasteiger partial charge in [-0.25, -0.2) is 13.8 Å². The summed E-state index contributed by atoms with van der Waals surface area (Å²) in [6, 6.07) is 18.3. The number of ether oxygens (including phenoxy) is 2. The van der Waals surface area contributed by atoms with Crippen LogP contribution in [-0.2, 0) is 9.53 Å². The van der Waals surface area contributed by atoms with Crippen LogP contribution in [0.1, 0.15) is 33.9 Å². The molecule has 3 aromatic rings. The van der Waals surface area contributed by atoms with Crippen LogP contribution >= 0.6 is 0 Å². The lowest BCUT2D eigenvalue weighted by Crippen LogP contribution is -2.46. The number of benzene rings is 3. The Kier molecular flexibility index (Phi) is 9.01. The van der Waals surface area contributed by atoms with Crippen molar-refractivity contribution < 1.29 is 27.8 Å². The topological polar surface area (TPSA) is 74.7 Å². The van der Waals surface area contributed by atoms with Gasteiger partial charge in [0.15, 0.2) is 0 Å². The number of halogens is 2. The SMILES string of the molecule is COc1ccccc1[C@H]1CC(c2ccc(F)cc2)=NN1C(=O)CN(CCN1CCOCC1)C(=O)c1cccc(F)c1. The van der Waals surface area contributed by atoms with Gasteiger partial charge in [0.1, 0.15) is 23.9 Å². The van der Waals surface area contributed by atoms with Crippen LogP contribution in [-0.4, -0.2) is 85.4 Å². The fourth-order valence-corrected chi connectivity index (χ4v) is 5.12. The quantitative estimate of drug-likeness (QED) is 0.392. The van der Waals surface area contributed by atoms with E-state index in [9.17, 15) is 18.4 Å². The van der Waals surface area contributed by atoms with E-state index in [2.05, 4.69) is 10.0 Å². The molecule has 2 aliphatic heterocycles. The third kappa shape index (κ3) is 6.78. The lowest BCUT2D eigenvalue weighted by atomic mass is 9.97. The normalized spacial score (nSPS) is 17.3. The number of methoxy groups -OCH3 is 1. The summed E-state index contributed by atoms with van der Waals surface area (Å²) in [5.41, 5.74) is 2.24. The molecule has 0 unspecified atom stereocenters. The van der Waals surface area contributed by atoms with E-state index < -0.39 is 23.7 Å². The van der Waals surface area contributed by atoms with Gasteiger partial charge in [0, 0.05) is 43.7 Å². The highest BCUT2D eigenvalue weighted by molar-refractivity contribution is 6.03. The number of hydrogen-bond acceptors (Lipinski definition) is 6. The first-order valence-corrected chi connectivity index (χ1v) is 13.6. The van der Waals surface area contributed by atoms with Crippen LogP contribution in [0.5, 0.6) is 5.75 Å². The maximum atomic E-state index is 14.0. The van der Waals surface area contributed by atoms with Crippen LogP contribution in [0.15, 0.2) is 77.9 Å². The first-order chi connectivity index (χ1) is 19.9. The third-order valence-corrected chi connectivity index (χ3v) is 7.32. The molecule has 1 atom stereocenters. The van der Waals surface area contributed by atoms with Crippen LogP contribution in [0.25, 0.3) is 0 Å². The van der Waals surface area contributed by atoms with Gasteiger partial charge in [-0.1, -0.05) is 36.4 Å². The summed E-state index contributed by atoms with van der Waals surface area (Å²) in [5, 5.41) is 6.05. The predicted octanol–water partition coefficient (Wildman–Crippen LogP) is 4.13. The first kappa shape index (κ1) is 28.4. The number of hydrazone groups is 1. The van der Waals surface area contributed by atoms with E-state index in [-0.39, 0.29) is 24.5 Å². The van der Waals surface area contributed by atoms with Crippen LogP contribution in [0, 0.1) is 11.6 Å². The Morgan fingerprint density at radius 2 is 1.76 bits per heavy atom. The second-order valence-corrected chi connectivity index (χ2v) is 9.94. The van der Waals surface area contributed by atoms with Crippen molar-refractivity contribution in [1.29, 1.82) is 0 Å². The number of hydrogen-bond donors (Lipinski definition) is 0. The van der Waals surface area contributed by atoms with E-state index in [0.717, 1.165) is 18.7 Å². The third-order valence-electron chi connectivity index (χ3n) is 7.32. The molecule has 5 rings (SSSR count). The minimum atomic E-state index is -0.528. The fraction of sp³-hybridized carbons (Fsp3) is 0.323.